The van der Waals surface area contributed by atoms with Crippen LogP contribution in [-0.2, 0) is 0 Å². The van der Waals surface area contributed by atoms with Crippen LogP contribution in [0.1, 0.15) is 5.56 Å². The molecular formula is C62H36N6. The van der Waals surface area contributed by atoms with Crippen LogP contribution in [0, 0.1) is 17.9 Å². The number of nitriles is 1. The molecule has 0 spiro atoms. The molecule has 68 heavy (non-hydrogen) atoms. The van der Waals surface area contributed by atoms with E-state index in [2.05, 4.69) is 223 Å². The molecule has 0 aliphatic carbocycles. The van der Waals surface area contributed by atoms with Gasteiger partial charge in [0.25, 0.3) is 0 Å². The molecule has 0 saturated heterocycles. The summed E-state index contributed by atoms with van der Waals surface area (Å²) in [5.74, 6) is 0. The van der Waals surface area contributed by atoms with Crippen LogP contribution in [0.2, 0.25) is 0 Å². The first-order chi connectivity index (χ1) is 33.7. The van der Waals surface area contributed by atoms with Crippen LogP contribution in [0.4, 0.5) is 5.69 Å². The summed E-state index contributed by atoms with van der Waals surface area (Å²) in [5, 5.41) is 19.4. The molecule has 314 valence electrons. The van der Waals surface area contributed by atoms with Gasteiger partial charge in [0, 0.05) is 54.5 Å². The van der Waals surface area contributed by atoms with Crippen molar-refractivity contribution < 1.29 is 0 Å². The van der Waals surface area contributed by atoms with Gasteiger partial charge >= 0.3 is 0 Å². The number of rotatable bonds is 5. The first-order valence-corrected chi connectivity index (χ1v) is 22.8. The lowest BCUT2D eigenvalue weighted by molar-refractivity contribution is 1.09. The number of fused-ring (bicyclic) bond motifs is 12. The van der Waals surface area contributed by atoms with Gasteiger partial charge in [0.1, 0.15) is 0 Å². The molecule has 0 saturated carbocycles. The van der Waals surface area contributed by atoms with Gasteiger partial charge in [0.05, 0.1) is 73.7 Å². The highest BCUT2D eigenvalue weighted by Gasteiger charge is 2.24. The molecule has 0 aliphatic rings. The highest BCUT2D eigenvalue weighted by Crippen LogP contribution is 2.45. The Bertz CT molecular complexity index is 4430. The van der Waals surface area contributed by atoms with Gasteiger partial charge in [-0.3, -0.25) is 0 Å². The second-order valence-corrected chi connectivity index (χ2v) is 17.5. The van der Waals surface area contributed by atoms with Crippen molar-refractivity contribution in [1.29, 1.82) is 5.26 Å². The number of aromatic nitrogens is 4. The van der Waals surface area contributed by atoms with Gasteiger partial charge in [-0.25, -0.2) is 4.85 Å². The molecule has 4 aromatic heterocycles. The summed E-state index contributed by atoms with van der Waals surface area (Å²) >= 11 is 0. The zero-order valence-electron chi connectivity index (χ0n) is 36.5. The van der Waals surface area contributed by atoms with Gasteiger partial charge in [-0.2, -0.15) is 5.26 Å². The standard InChI is InChI=1S/C62H36N6/c1-64-52-37-62(68-58-28-13-7-22-48(58)50-32-30-42(35-60(50)68)66-55-25-10-4-19-45(55)46-20-5-11-26-56(46)66)61(36-51(52)40-16-14-15-39(33-40)38-63)67-57-27-12-6-21-47(57)49-31-29-41(34-59(49)67)65-53-23-8-2-17-43(53)44-18-3-9-24-54(44)65/h2-37H. The monoisotopic (exact) mass is 864 g/mol. The van der Waals surface area contributed by atoms with E-state index in [-0.39, 0.29) is 0 Å². The fraction of sp³-hybridized carbons (Fsp3) is 0. The molecule has 14 aromatic rings. The average molecular weight is 865 g/mol. The van der Waals surface area contributed by atoms with Crippen LogP contribution in [-0.4, -0.2) is 18.3 Å². The Hall–Kier alpha value is -9.62. The molecule has 0 aliphatic heterocycles. The van der Waals surface area contributed by atoms with Gasteiger partial charge in [-0.15, -0.1) is 0 Å². The van der Waals surface area contributed by atoms with Gasteiger partial charge in [-0.05, 0) is 96.1 Å². The summed E-state index contributed by atoms with van der Waals surface area (Å²) < 4.78 is 9.49. The Kier molecular flexibility index (Phi) is 8.01. The van der Waals surface area contributed by atoms with E-state index in [0.29, 0.717) is 11.3 Å². The molecule has 0 fully saturated rings. The summed E-state index contributed by atoms with van der Waals surface area (Å²) in [5.41, 5.74) is 15.2. The molecular weight excluding hydrogens is 829 g/mol. The zero-order chi connectivity index (χ0) is 45.0. The minimum atomic E-state index is 0.495. The van der Waals surface area contributed by atoms with Crippen molar-refractivity contribution in [2.75, 3.05) is 0 Å². The molecule has 0 atom stereocenters. The summed E-state index contributed by atoms with van der Waals surface area (Å²) in [6.45, 7) is 8.75. The van der Waals surface area contributed by atoms with Crippen LogP contribution in [0.3, 0.4) is 0 Å². The number of hydrogen-bond donors (Lipinski definition) is 0. The van der Waals surface area contributed by atoms with Crippen LogP contribution < -0.4 is 0 Å². The van der Waals surface area contributed by atoms with E-state index in [1.807, 2.05) is 24.3 Å². The Balaban J connectivity index is 1.12. The van der Waals surface area contributed by atoms with Crippen molar-refractivity contribution in [2.45, 2.75) is 0 Å². The van der Waals surface area contributed by atoms with Crippen LogP contribution in [0.5, 0.6) is 0 Å². The van der Waals surface area contributed by atoms with E-state index >= 15 is 0 Å². The minimum Gasteiger partial charge on any atom is -0.309 e. The van der Waals surface area contributed by atoms with Crippen molar-refractivity contribution in [2.24, 2.45) is 0 Å². The zero-order valence-corrected chi connectivity index (χ0v) is 36.5. The molecule has 14 rings (SSSR count). The van der Waals surface area contributed by atoms with Crippen molar-refractivity contribution in [1.82, 2.24) is 18.3 Å². The molecule has 0 radical (unpaired) electrons. The Morgan fingerprint density at radius 1 is 0.338 bits per heavy atom. The summed E-state index contributed by atoms with van der Waals surface area (Å²) in [7, 11) is 0. The van der Waals surface area contributed by atoms with E-state index in [0.717, 1.165) is 99.6 Å². The molecule has 6 nitrogen and oxygen atoms in total. The fourth-order valence-corrected chi connectivity index (χ4v) is 11.1. The van der Waals surface area contributed by atoms with E-state index in [1.54, 1.807) is 0 Å². The summed E-state index contributed by atoms with van der Waals surface area (Å²) in [4.78, 5) is 4.25. The maximum atomic E-state index is 10.1. The van der Waals surface area contributed by atoms with Crippen LogP contribution in [0.15, 0.2) is 218 Å². The SMILES string of the molecule is [C-]#[N+]c1cc(-n2c3ccccc3c3ccc(-n4c5ccccc5c5ccccc54)cc32)c(-n2c3ccccc3c3ccc(-n4c5ccccc5c5ccccc54)cc32)cc1-c1cccc(C#N)c1. The normalized spacial score (nSPS) is 11.8. The highest BCUT2D eigenvalue weighted by atomic mass is 15.1. The number of hydrogen-bond acceptors (Lipinski definition) is 1. The predicted octanol–water partition coefficient (Wildman–Crippen LogP) is 16.2. The number of para-hydroxylation sites is 6. The van der Waals surface area contributed by atoms with Crippen molar-refractivity contribution in [3.05, 3.63) is 235 Å². The average Bonchev–Trinajstić information content (AvgIpc) is 4.13. The Morgan fingerprint density at radius 2 is 0.706 bits per heavy atom. The minimum absolute atomic E-state index is 0.495. The molecule has 0 amide bonds. The second-order valence-electron chi connectivity index (χ2n) is 17.5. The van der Waals surface area contributed by atoms with Gasteiger partial charge in [-0.1, -0.05) is 133 Å². The number of benzene rings is 10. The molecule has 0 unspecified atom stereocenters. The lowest BCUT2D eigenvalue weighted by atomic mass is 9.99. The van der Waals surface area contributed by atoms with E-state index in [1.165, 1.54) is 21.5 Å². The quantitative estimate of drug-likeness (QED) is 0.159. The maximum absolute atomic E-state index is 10.1. The topological polar surface area (TPSA) is 47.9 Å². The fourth-order valence-electron chi connectivity index (χ4n) is 11.1. The maximum Gasteiger partial charge on any atom is 0.197 e. The second kappa shape index (κ2) is 14.4. The summed E-state index contributed by atoms with van der Waals surface area (Å²) in [6.07, 6.45) is 0. The largest absolute Gasteiger partial charge is 0.309 e. The van der Waals surface area contributed by atoms with Crippen molar-refractivity contribution in [3.8, 4) is 39.9 Å². The van der Waals surface area contributed by atoms with Gasteiger partial charge in [0.2, 0.25) is 0 Å². The number of nitrogens with zero attached hydrogens (tertiary/aromatic N) is 6. The van der Waals surface area contributed by atoms with Crippen LogP contribution in [0.25, 0.3) is 126 Å². The van der Waals surface area contributed by atoms with E-state index in [4.69, 9.17) is 6.57 Å². The molecule has 10 aromatic carbocycles. The Labute approximate surface area is 390 Å². The molecule has 0 N–H and O–H groups in total. The highest BCUT2D eigenvalue weighted by molar-refractivity contribution is 6.15. The lowest BCUT2D eigenvalue weighted by Crippen LogP contribution is -2.05. The third kappa shape index (κ3) is 5.31. The van der Waals surface area contributed by atoms with Gasteiger partial charge < -0.3 is 18.3 Å². The molecule has 0 bridgehead atoms. The smallest absolute Gasteiger partial charge is 0.197 e. The third-order valence-electron chi connectivity index (χ3n) is 14.0. The summed E-state index contributed by atoms with van der Waals surface area (Å²) in [6, 6.07) is 79.5. The first-order valence-electron chi connectivity index (χ1n) is 22.8. The van der Waals surface area contributed by atoms with E-state index < -0.39 is 0 Å². The lowest BCUT2D eigenvalue weighted by Gasteiger charge is -2.20. The van der Waals surface area contributed by atoms with Crippen LogP contribution >= 0.6 is 0 Å². The predicted molar refractivity (Wildman–Crippen MR) is 280 cm³/mol. The van der Waals surface area contributed by atoms with Crippen molar-refractivity contribution >= 4 is 92.9 Å². The Morgan fingerprint density at radius 3 is 1.10 bits per heavy atom. The molecule has 4 heterocycles. The third-order valence-corrected chi connectivity index (χ3v) is 14.0. The van der Waals surface area contributed by atoms with Gasteiger partial charge in [0.15, 0.2) is 5.69 Å². The van der Waals surface area contributed by atoms with E-state index in [9.17, 15) is 5.26 Å². The van der Waals surface area contributed by atoms with Crippen molar-refractivity contribution in [3.63, 3.8) is 0 Å². The molecule has 6 heteroatoms. The first kappa shape index (κ1) is 37.7.